The van der Waals surface area contributed by atoms with Gasteiger partial charge in [0.15, 0.2) is 12.4 Å². The van der Waals surface area contributed by atoms with Crippen LogP contribution >= 0.6 is 11.6 Å². The largest absolute Gasteiger partial charge is 0.452 e. The molecule has 2 heterocycles. The van der Waals surface area contributed by atoms with Gasteiger partial charge in [0.2, 0.25) is 0 Å². The number of nitro groups is 1. The Labute approximate surface area is 189 Å². The molecule has 1 aromatic carbocycles. The van der Waals surface area contributed by atoms with E-state index in [0.29, 0.717) is 44.3 Å². The monoisotopic (exact) mass is 488 g/mol. The summed E-state index contributed by atoms with van der Waals surface area (Å²) in [6.45, 7) is 0.898. The molecule has 1 N–H and O–H groups in total. The van der Waals surface area contributed by atoms with Gasteiger partial charge in [0.25, 0.3) is 11.6 Å². The lowest BCUT2D eigenvalue weighted by molar-refractivity contribution is -0.384. The molecule has 0 unspecified atom stereocenters. The van der Waals surface area contributed by atoms with E-state index in [9.17, 15) is 32.9 Å². The van der Waals surface area contributed by atoms with E-state index in [0.717, 1.165) is 6.07 Å². The van der Waals surface area contributed by atoms with Gasteiger partial charge in [-0.3, -0.25) is 14.9 Å². The molecule has 0 radical (unpaired) electrons. The quantitative estimate of drug-likeness (QED) is 0.373. The number of nitro benzene ring substituents is 1. The van der Waals surface area contributed by atoms with Crippen LogP contribution in [0.1, 0.15) is 15.9 Å². The highest BCUT2D eigenvalue weighted by molar-refractivity contribution is 6.33. The van der Waals surface area contributed by atoms with E-state index in [1.165, 1.54) is 12.1 Å². The van der Waals surface area contributed by atoms with Crippen LogP contribution in [0.4, 0.5) is 30.4 Å². The topological polar surface area (TPSA) is 124 Å². The van der Waals surface area contributed by atoms with Crippen molar-refractivity contribution in [2.45, 2.75) is 6.18 Å². The number of amides is 1. The number of rotatable bonds is 6. The highest BCUT2D eigenvalue weighted by atomic mass is 35.5. The number of morpholine rings is 1. The minimum atomic E-state index is -4.66. The first-order valence-electron chi connectivity index (χ1n) is 9.37. The van der Waals surface area contributed by atoms with Crippen molar-refractivity contribution in [1.82, 2.24) is 4.98 Å². The van der Waals surface area contributed by atoms with E-state index in [1.54, 1.807) is 4.90 Å². The molecule has 10 nitrogen and oxygen atoms in total. The minimum absolute atomic E-state index is 0.155. The Morgan fingerprint density at radius 1 is 1.27 bits per heavy atom. The molecule has 0 bridgehead atoms. The van der Waals surface area contributed by atoms with Crippen LogP contribution in [0.2, 0.25) is 5.02 Å². The summed E-state index contributed by atoms with van der Waals surface area (Å²) in [5, 5.41) is 13.1. The lowest BCUT2D eigenvalue weighted by Crippen LogP contribution is -2.36. The first kappa shape index (κ1) is 24.2. The number of ether oxygens (including phenoxy) is 2. The molecule has 1 fully saturated rings. The number of alkyl halides is 3. The van der Waals surface area contributed by atoms with Crippen molar-refractivity contribution in [3.05, 3.63) is 56.7 Å². The highest BCUT2D eigenvalue weighted by Crippen LogP contribution is 2.32. The highest BCUT2D eigenvalue weighted by Gasteiger charge is 2.32. The average Bonchev–Trinajstić information content (AvgIpc) is 2.78. The third kappa shape index (κ3) is 6.08. The zero-order valence-corrected chi connectivity index (χ0v) is 17.5. The van der Waals surface area contributed by atoms with E-state index in [1.807, 2.05) is 0 Å². The van der Waals surface area contributed by atoms with Crippen LogP contribution in [0, 0.1) is 10.1 Å². The normalized spacial score (nSPS) is 14.0. The van der Waals surface area contributed by atoms with Gasteiger partial charge in [-0.15, -0.1) is 0 Å². The number of benzene rings is 1. The Morgan fingerprint density at radius 3 is 2.58 bits per heavy atom. The maximum Gasteiger partial charge on any atom is 0.417 e. The number of pyridine rings is 1. The number of hydrogen-bond acceptors (Lipinski definition) is 8. The van der Waals surface area contributed by atoms with Gasteiger partial charge in [-0.05, 0) is 18.2 Å². The summed E-state index contributed by atoms with van der Waals surface area (Å²) in [5.41, 5.74) is -1.24. The molecule has 0 saturated carbocycles. The third-order valence-electron chi connectivity index (χ3n) is 4.52. The van der Waals surface area contributed by atoms with Crippen molar-refractivity contribution in [1.29, 1.82) is 0 Å². The average molecular weight is 489 g/mol. The molecule has 0 atom stereocenters. The second-order valence-electron chi connectivity index (χ2n) is 6.74. The predicted octanol–water partition coefficient (Wildman–Crippen LogP) is 3.29. The minimum Gasteiger partial charge on any atom is -0.452 e. The van der Waals surface area contributed by atoms with Crippen LogP contribution < -0.4 is 10.2 Å². The van der Waals surface area contributed by atoms with Crippen molar-refractivity contribution in [3.63, 3.8) is 0 Å². The molecule has 14 heteroatoms. The van der Waals surface area contributed by atoms with Gasteiger partial charge in [-0.1, -0.05) is 11.6 Å². The molecule has 2 aromatic rings. The van der Waals surface area contributed by atoms with E-state index < -0.39 is 40.2 Å². The van der Waals surface area contributed by atoms with Gasteiger partial charge in [0.05, 0.1) is 34.3 Å². The van der Waals surface area contributed by atoms with Crippen LogP contribution in [-0.4, -0.2) is 54.7 Å². The Balaban J connectivity index is 1.64. The molecule has 0 aliphatic carbocycles. The number of nitrogens with zero attached hydrogens (tertiary/aromatic N) is 3. The molecule has 176 valence electrons. The van der Waals surface area contributed by atoms with Crippen molar-refractivity contribution in [3.8, 4) is 0 Å². The van der Waals surface area contributed by atoms with Crippen LogP contribution in [-0.2, 0) is 20.4 Å². The van der Waals surface area contributed by atoms with Gasteiger partial charge in [0, 0.05) is 25.4 Å². The number of carbonyl (C=O) groups is 2. The summed E-state index contributed by atoms with van der Waals surface area (Å²) in [5.74, 6) is -2.28. The SMILES string of the molecule is O=C(COC(=O)c1ccc(N2CCOCC2)c([N+](=O)[O-])c1)Nc1ncc(C(F)(F)F)cc1Cl. The summed E-state index contributed by atoms with van der Waals surface area (Å²) in [7, 11) is 0. The van der Waals surface area contributed by atoms with Gasteiger partial charge in [-0.2, -0.15) is 13.2 Å². The summed E-state index contributed by atoms with van der Waals surface area (Å²) in [6, 6.07) is 4.36. The molecule has 1 saturated heterocycles. The molecule has 1 aliphatic rings. The molecule has 1 aliphatic heterocycles. The number of carbonyl (C=O) groups excluding carboxylic acids is 2. The molecular formula is C19H16ClF3N4O6. The van der Waals surface area contributed by atoms with Crippen LogP contribution in [0.3, 0.4) is 0 Å². The fraction of sp³-hybridized carbons (Fsp3) is 0.316. The van der Waals surface area contributed by atoms with E-state index >= 15 is 0 Å². The van der Waals surface area contributed by atoms with E-state index in [4.69, 9.17) is 21.1 Å². The summed E-state index contributed by atoms with van der Waals surface area (Å²) >= 11 is 5.70. The second kappa shape index (κ2) is 10.0. The van der Waals surface area contributed by atoms with Gasteiger partial charge in [-0.25, -0.2) is 9.78 Å². The van der Waals surface area contributed by atoms with E-state index in [2.05, 4.69) is 10.3 Å². The van der Waals surface area contributed by atoms with Gasteiger partial charge < -0.3 is 19.7 Å². The number of esters is 1. The fourth-order valence-electron chi connectivity index (χ4n) is 2.94. The Morgan fingerprint density at radius 2 is 1.97 bits per heavy atom. The molecule has 0 spiro atoms. The number of halogens is 4. The van der Waals surface area contributed by atoms with Crippen molar-refractivity contribution >= 4 is 40.7 Å². The standard InChI is InChI=1S/C19H16ClF3N4O6/c20-13-8-12(19(21,22)23)9-24-17(13)25-16(28)10-33-18(29)11-1-2-14(15(7-11)27(30)31)26-3-5-32-6-4-26/h1-2,7-9H,3-6,10H2,(H,24,25,28). The molecule has 3 rings (SSSR count). The first-order chi connectivity index (χ1) is 15.6. The first-order valence-corrected chi connectivity index (χ1v) is 9.75. The summed E-state index contributed by atoms with van der Waals surface area (Å²) in [4.78, 5) is 40.3. The molecule has 33 heavy (non-hydrogen) atoms. The second-order valence-corrected chi connectivity index (χ2v) is 7.14. The van der Waals surface area contributed by atoms with Crippen LogP contribution in [0.15, 0.2) is 30.5 Å². The maximum atomic E-state index is 12.6. The lowest BCUT2D eigenvalue weighted by atomic mass is 10.1. The smallest absolute Gasteiger partial charge is 0.417 e. The van der Waals surface area contributed by atoms with Crippen molar-refractivity contribution in [2.75, 3.05) is 43.1 Å². The predicted molar refractivity (Wildman–Crippen MR) is 109 cm³/mol. The third-order valence-corrected chi connectivity index (χ3v) is 4.81. The fourth-order valence-corrected chi connectivity index (χ4v) is 3.15. The van der Waals surface area contributed by atoms with Crippen LogP contribution in [0.25, 0.3) is 0 Å². The van der Waals surface area contributed by atoms with Gasteiger partial charge >= 0.3 is 12.1 Å². The number of anilines is 2. The summed E-state index contributed by atoms with van der Waals surface area (Å²) < 4.78 is 48.0. The van der Waals surface area contributed by atoms with E-state index in [-0.39, 0.29) is 17.1 Å². The Kier molecular flexibility index (Phi) is 7.33. The lowest BCUT2D eigenvalue weighted by Gasteiger charge is -2.28. The zero-order valence-electron chi connectivity index (χ0n) is 16.7. The summed E-state index contributed by atoms with van der Waals surface area (Å²) in [6.07, 6.45) is -4.17. The number of nitrogens with one attached hydrogen (secondary N) is 1. The zero-order chi connectivity index (χ0) is 24.2. The number of aromatic nitrogens is 1. The molecule has 1 amide bonds. The molecular weight excluding hydrogens is 473 g/mol. The Bertz CT molecular complexity index is 1080. The van der Waals surface area contributed by atoms with Crippen molar-refractivity contribution in [2.24, 2.45) is 0 Å². The number of hydrogen-bond donors (Lipinski definition) is 1. The maximum absolute atomic E-state index is 12.6. The Hall–Kier alpha value is -3.45. The van der Waals surface area contributed by atoms with Crippen molar-refractivity contribution < 1.29 is 37.2 Å². The molecule has 1 aromatic heterocycles. The van der Waals surface area contributed by atoms with Gasteiger partial charge in [0.1, 0.15) is 5.69 Å². The van der Waals surface area contributed by atoms with Crippen LogP contribution in [0.5, 0.6) is 0 Å².